The largest absolute Gasteiger partial charge is 0.475 e. The van der Waals surface area contributed by atoms with Gasteiger partial charge in [-0.05, 0) is 55.8 Å². The standard InChI is InChI=1S/C17H17ClN4.C14H23N3OS/c18-12-5-6-15-16(11-12)21-17(22-9-7-19-8-10-22)13-3-1-2-4-14(13)20-15;1-3-4-5-6-10-18-14-13(15-19-16-14)12-8-7-9-17(2)11-12/h1-6,11,19-20H,7-10H2;8H,3-7,9-11H2,1-2H3. The highest BCUT2D eigenvalue weighted by Gasteiger charge is 2.22. The third-order valence-corrected chi connectivity index (χ3v) is 8.13. The van der Waals surface area contributed by atoms with Crippen LogP contribution in [0.4, 0.5) is 17.1 Å². The molecule has 1 fully saturated rings. The molecule has 218 valence electrons. The molecule has 0 radical (unpaired) electrons. The number of anilines is 2. The van der Waals surface area contributed by atoms with Crippen molar-refractivity contribution in [1.29, 1.82) is 0 Å². The van der Waals surface area contributed by atoms with E-state index < -0.39 is 0 Å². The maximum atomic E-state index is 6.15. The summed E-state index contributed by atoms with van der Waals surface area (Å²) < 4.78 is 14.5. The molecule has 3 aromatic rings. The van der Waals surface area contributed by atoms with Crippen LogP contribution in [-0.4, -0.2) is 77.3 Å². The number of unbranched alkanes of at least 4 members (excludes halogenated alkanes) is 3. The first-order valence-electron chi connectivity index (χ1n) is 14.7. The number of amidine groups is 1. The number of piperazine rings is 1. The zero-order valence-corrected chi connectivity index (χ0v) is 25.6. The van der Waals surface area contributed by atoms with Gasteiger partial charge in [-0.15, -0.1) is 4.37 Å². The van der Waals surface area contributed by atoms with Crippen LogP contribution < -0.4 is 15.4 Å². The smallest absolute Gasteiger partial charge is 0.253 e. The second-order valence-electron chi connectivity index (χ2n) is 10.6. The van der Waals surface area contributed by atoms with Gasteiger partial charge in [-0.2, -0.15) is 4.37 Å². The molecule has 6 rings (SSSR count). The Morgan fingerprint density at radius 2 is 1.85 bits per heavy atom. The molecule has 0 bridgehead atoms. The van der Waals surface area contributed by atoms with Crippen molar-refractivity contribution in [2.24, 2.45) is 4.99 Å². The molecule has 0 saturated carbocycles. The van der Waals surface area contributed by atoms with Gasteiger partial charge in [-0.1, -0.05) is 56.0 Å². The maximum absolute atomic E-state index is 6.15. The fraction of sp³-hybridized carbons (Fsp3) is 0.452. The Hall–Kier alpha value is -2.98. The average molecular weight is 594 g/mol. The Kier molecular flexibility index (Phi) is 10.6. The molecule has 3 aliphatic heterocycles. The van der Waals surface area contributed by atoms with E-state index in [2.05, 4.69) is 67.4 Å². The minimum Gasteiger partial charge on any atom is -0.475 e. The van der Waals surface area contributed by atoms with Crippen LogP contribution in [0.15, 0.2) is 53.5 Å². The summed E-state index contributed by atoms with van der Waals surface area (Å²) in [6.45, 7) is 8.92. The van der Waals surface area contributed by atoms with Crippen molar-refractivity contribution in [3.63, 3.8) is 0 Å². The molecule has 2 N–H and O–H groups in total. The van der Waals surface area contributed by atoms with Gasteiger partial charge in [-0.3, -0.25) is 0 Å². The van der Waals surface area contributed by atoms with Gasteiger partial charge in [-0.25, -0.2) is 4.99 Å². The van der Waals surface area contributed by atoms with E-state index in [1.165, 1.54) is 36.6 Å². The third-order valence-electron chi connectivity index (χ3n) is 7.38. The van der Waals surface area contributed by atoms with Crippen molar-refractivity contribution in [1.82, 2.24) is 23.9 Å². The van der Waals surface area contributed by atoms with Gasteiger partial charge in [0.05, 0.1) is 29.7 Å². The van der Waals surface area contributed by atoms with Gasteiger partial charge in [0.2, 0.25) is 0 Å². The van der Waals surface area contributed by atoms with Gasteiger partial charge in [0.25, 0.3) is 5.88 Å². The summed E-state index contributed by atoms with van der Waals surface area (Å²) in [7, 11) is 2.14. The van der Waals surface area contributed by atoms with Crippen LogP contribution >= 0.6 is 23.3 Å². The van der Waals surface area contributed by atoms with Crippen molar-refractivity contribution in [2.75, 3.05) is 58.2 Å². The van der Waals surface area contributed by atoms with E-state index in [0.29, 0.717) is 5.02 Å². The molecule has 1 aromatic heterocycles. The number of aliphatic imine (C=N–C) groups is 1. The Morgan fingerprint density at radius 1 is 1.00 bits per heavy atom. The lowest BCUT2D eigenvalue weighted by molar-refractivity contribution is 0.294. The molecular weight excluding hydrogens is 554 g/mol. The number of aromatic nitrogens is 2. The number of ether oxygens (including phenoxy) is 1. The second-order valence-corrected chi connectivity index (χ2v) is 11.6. The predicted molar refractivity (Wildman–Crippen MR) is 171 cm³/mol. The number of rotatable bonds is 7. The van der Waals surface area contributed by atoms with E-state index >= 15 is 0 Å². The summed E-state index contributed by atoms with van der Waals surface area (Å²) >= 11 is 7.40. The molecular formula is C31H40ClN7OS. The van der Waals surface area contributed by atoms with E-state index in [1.807, 2.05) is 24.3 Å². The van der Waals surface area contributed by atoms with Gasteiger partial charge in [0.15, 0.2) is 0 Å². The topological polar surface area (TPSA) is 77.9 Å². The zero-order chi connectivity index (χ0) is 28.4. The lowest BCUT2D eigenvalue weighted by atomic mass is 10.1. The quantitative estimate of drug-likeness (QED) is 0.299. The number of nitrogens with one attached hydrogen (secondary N) is 2. The minimum absolute atomic E-state index is 0.704. The summed E-state index contributed by atoms with van der Waals surface area (Å²) in [5, 5.41) is 7.58. The van der Waals surface area contributed by atoms with E-state index in [0.717, 1.165) is 98.8 Å². The number of benzene rings is 2. The molecule has 3 aliphatic rings. The molecule has 1 saturated heterocycles. The normalized spacial score (nSPS) is 16.7. The molecule has 41 heavy (non-hydrogen) atoms. The number of fused-ring (bicyclic) bond motifs is 2. The molecule has 0 aliphatic carbocycles. The molecule has 8 nitrogen and oxygen atoms in total. The van der Waals surface area contributed by atoms with Crippen LogP contribution in [0.25, 0.3) is 5.57 Å². The molecule has 0 unspecified atom stereocenters. The fourth-order valence-corrected chi connectivity index (χ4v) is 5.86. The molecule has 0 amide bonds. The summed E-state index contributed by atoms with van der Waals surface area (Å²) in [5.41, 5.74) is 6.30. The maximum Gasteiger partial charge on any atom is 0.253 e. The van der Waals surface area contributed by atoms with Crippen LogP contribution in [0.3, 0.4) is 0 Å². The zero-order valence-electron chi connectivity index (χ0n) is 24.0. The van der Waals surface area contributed by atoms with Crippen molar-refractivity contribution < 1.29 is 4.74 Å². The van der Waals surface area contributed by atoms with E-state index in [4.69, 9.17) is 21.3 Å². The van der Waals surface area contributed by atoms with E-state index in [-0.39, 0.29) is 0 Å². The van der Waals surface area contributed by atoms with Crippen LogP contribution in [0.5, 0.6) is 5.88 Å². The second kappa shape index (κ2) is 14.8. The highest BCUT2D eigenvalue weighted by Crippen LogP contribution is 2.36. The van der Waals surface area contributed by atoms with Crippen LogP contribution in [0, 0.1) is 0 Å². The predicted octanol–water partition coefficient (Wildman–Crippen LogP) is 6.60. The Bertz CT molecular complexity index is 1350. The van der Waals surface area contributed by atoms with Crippen molar-refractivity contribution in [3.8, 4) is 5.88 Å². The highest BCUT2D eigenvalue weighted by atomic mass is 35.5. The molecule has 2 aromatic carbocycles. The van der Waals surface area contributed by atoms with Gasteiger partial charge in [0, 0.05) is 55.5 Å². The van der Waals surface area contributed by atoms with Gasteiger partial charge < -0.3 is 25.2 Å². The third kappa shape index (κ3) is 7.86. The number of likely N-dealkylation sites (N-methyl/N-ethyl adjacent to an activating group) is 1. The number of halogens is 1. The Labute approximate surface area is 252 Å². The summed E-state index contributed by atoms with van der Waals surface area (Å²) in [6.07, 6.45) is 8.21. The molecule has 0 atom stereocenters. The van der Waals surface area contributed by atoms with Gasteiger partial charge in [0.1, 0.15) is 11.5 Å². The van der Waals surface area contributed by atoms with Crippen LogP contribution in [0.2, 0.25) is 5.02 Å². The molecule has 4 heterocycles. The van der Waals surface area contributed by atoms with E-state index in [9.17, 15) is 0 Å². The van der Waals surface area contributed by atoms with Crippen LogP contribution in [-0.2, 0) is 0 Å². The average Bonchev–Trinajstić information content (AvgIpc) is 3.40. The first-order chi connectivity index (χ1) is 20.1. The lowest BCUT2D eigenvalue weighted by Crippen LogP contribution is -2.46. The number of hydrogen-bond acceptors (Lipinski definition) is 9. The number of hydrogen-bond donors (Lipinski definition) is 2. The Morgan fingerprint density at radius 3 is 2.68 bits per heavy atom. The highest BCUT2D eigenvalue weighted by molar-refractivity contribution is 6.99. The lowest BCUT2D eigenvalue weighted by Gasteiger charge is -2.30. The monoisotopic (exact) mass is 593 g/mol. The summed E-state index contributed by atoms with van der Waals surface area (Å²) in [4.78, 5) is 9.58. The number of nitrogens with zero attached hydrogens (tertiary/aromatic N) is 5. The number of para-hydroxylation sites is 1. The Balaban J connectivity index is 0.000000167. The van der Waals surface area contributed by atoms with E-state index in [1.54, 1.807) is 0 Å². The van der Waals surface area contributed by atoms with Crippen molar-refractivity contribution in [3.05, 3.63) is 64.8 Å². The summed E-state index contributed by atoms with van der Waals surface area (Å²) in [6, 6.07) is 14.1. The molecule has 0 spiro atoms. The fourth-order valence-electron chi connectivity index (χ4n) is 5.16. The SMILES string of the molecule is CCCCCCOc1nsnc1C1=CCCN(C)C1.Clc1ccc2c(c1)N=C(N1CCNCC1)c1ccccc1N2. The van der Waals surface area contributed by atoms with Crippen molar-refractivity contribution >= 4 is 51.8 Å². The first-order valence-corrected chi connectivity index (χ1v) is 15.8. The molecule has 10 heteroatoms. The minimum atomic E-state index is 0.704. The van der Waals surface area contributed by atoms with Gasteiger partial charge >= 0.3 is 0 Å². The first kappa shape index (κ1) is 29.5. The van der Waals surface area contributed by atoms with Crippen molar-refractivity contribution in [2.45, 2.75) is 39.0 Å². The summed E-state index contributed by atoms with van der Waals surface area (Å²) in [5.74, 6) is 1.74. The van der Waals surface area contributed by atoms with Crippen LogP contribution in [0.1, 0.15) is 50.3 Å².